The first kappa shape index (κ1) is 22.8. The highest BCUT2D eigenvalue weighted by atomic mass is 16.5. The van der Waals surface area contributed by atoms with Crippen LogP contribution in [0, 0.1) is 17.2 Å². The minimum absolute atomic E-state index is 0.0191. The molecule has 1 heterocycles. The summed E-state index contributed by atoms with van der Waals surface area (Å²) in [6.07, 6.45) is 5.28. The molecule has 32 heavy (non-hydrogen) atoms. The van der Waals surface area contributed by atoms with E-state index in [1.165, 1.54) is 11.1 Å². The zero-order valence-corrected chi connectivity index (χ0v) is 19.4. The highest BCUT2D eigenvalue weighted by molar-refractivity contribution is 5.99. The van der Waals surface area contributed by atoms with E-state index in [0.717, 1.165) is 32.1 Å². The largest absolute Gasteiger partial charge is 0.385 e. The second-order valence-electron chi connectivity index (χ2n) is 9.56. The van der Waals surface area contributed by atoms with Crippen LogP contribution in [0.15, 0.2) is 24.3 Å². The topological polar surface area (TPSA) is 94.5 Å². The van der Waals surface area contributed by atoms with E-state index in [2.05, 4.69) is 36.6 Å². The minimum Gasteiger partial charge on any atom is -0.385 e. The van der Waals surface area contributed by atoms with Crippen molar-refractivity contribution in [3.8, 4) is 0 Å². The predicted octanol–water partition coefficient (Wildman–Crippen LogP) is 3.15. The number of nitrogens with one attached hydrogen (secondary N) is 3. The molecule has 0 spiro atoms. The Morgan fingerprint density at radius 1 is 1.34 bits per heavy atom. The first-order valence-electron chi connectivity index (χ1n) is 12.0. The smallest absolute Gasteiger partial charge is 0.231 e. The van der Waals surface area contributed by atoms with Crippen molar-refractivity contribution in [2.24, 2.45) is 11.8 Å². The number of carbonyl (C=O) groups is 2. The molecule has 4 atom stereocenters. The van der Waals surface area contributed by atoms with Gasteiger partial charge in [0.1, 0.15) is 0 Å². The number of methoxy groups -OCH3 is 1. The lowest BCUT2D eigenvalue weighted by atomic mass is 9.86. The van der Waals surface area contributed by atoms with E-state index in [-0.39, 0.29) is 47.2 Å². The first-order valence-corrected chi connectivity index (χ1v) is 12.0. The molecule has 0 radical (unpaired) electrons. The highest BCUT2D eigenvalue weighted by Crippen LogP contribution is 2.46. The Kier molecular flexibility index (Phi) is 6.56. The molecule has 0 bridgehead atoms. The van der Waals surface area contributed by atoms with Gasteiger partial charge in [-0.3, -0.25) is 19.9 Å². The number of nitrogens with zero attached hydrogens (tertiary/aromatic N) is 1. The molecule has 4 rings (SSSR count). The number of aryl methyl sites for hydroxylation is 1. The summed E-state index contributed by atoms with van der Waals surface area (Å²) in [5, 5.41) is 15.2. The fraction of sp³-hybridized carbons (Fsp3) is 0.640. The van der Waals surface area contributed by atoms with Crippen LogP contribution < -0.4 is 10.6 Å². The van der Waals surface area contributed by atoms with E-state index in [4.69, 9.17) is 10.1 Å². The third-order valence-electron chi connectivity index (χ3n) is 7.81. The molecule has 2 amide bonds. The fourth-order valence-electron chi connectivity index (χ4n) is 5.58. The quantitative estimate of drug-likeness (QED) is 0.550. The number of rotatable bonds is 9. The van der Waals surface area contributed by atoms with E-state index >= 15 is 0 Å². The van der Waals surface area contributed by atoms with Crippen molar-refractivity contribution in [3.05, 3.63) is 35.4 Å². The van der Waals surface area contributed by atoms with Gasteiger partial charge in [0, 0.05) is 31.2 Å². The monoisotopic (exact) mass is 440 g/mol. The van der Waals surface area contributed by atoms with Gasteiger partial charge in [-0.25, -0.2) is 0 Å². The number of guanidine groups is 1. The number of hydrogen-bond acceptors (Lipinski definition) is 4. The molecule has 2 aliphatic carbocycles. The summed E-state index contributed by atoms with van der Waals surface area (Å²) >= 11 is 0. The van der Waals surface area contributed by atoms with Crippen molar-refractivity contribution in [3.63, 3.8) is 0 Å². The Labute approximate surface area is 190 Å². The zero-order chi connectivity index (χ0) is 22.9. The maximum atomic E-state index is 13.2. The summed E-state index contributed by atoms with van der Waals surface area (Å²) in [6, 6.07) is 8.19. The third-order valence-corrected chi connectivity index (χ3v) is 7.81. The van der Waals surface area contributed by atoms with Gasteiger partial charge in [0.05, 0.1) is 12.5 Å². The van der Waals surface area contributed by atoms with Gasteiger partial charge in [-0.2, -0.15) is 0 Å². The molecule has 2 fully saturated rings. The lowest BCUT2D eigenvalue weighted by Crippen LogP contribution is -2.64. The van der Waals surface area contributed by atoms with Crippen molar-refractivity contribution >= 4 is 17.8 Å². The third kappa shape index (κ3) is 4.27. The van der Waals surface area contributed by atoms with Crippen LogP contribution in [0.2, 0.25) is 0 Å². The molecular weight excluding hydrogens is 404 g/mol. The SMILES string of the molecule is CCC1(CC)CC(=O)N(C(CCOC)[C@@H]2C[C@H]2C(=O)N[C@H]2CCc3ccccc32)C(=N)N1. The van der Waals surface area contributed by atoms with Gasteiger partial charge in [0.15, 0.2) is 5.96 Å². The number of hydrogen-bond donors (Lipinski definition) is 3. The molecule has 0 aromatic heterocycles. The van der Waals surface area contributed by atoms with Gasteiger partial charge >= 0.3 is 0 Å². The molecule has 1 aromatic carbocycles. The summed E-state index contributed by atoms with van der Waals surface area (Å²) < 4.78 is 5.31. The van der Waals surface area contributed by atoms with Crippen LogP contribution in [0.3, 0.4) is 0 Å². The van der Waals surface area contributed by atoms with Gasteiger partial charge in [-0.1, -0.05) is 38.1 Å². The Bertz CT molecular complexity index is 862. The average molecular weight is 441 g/mol. The van der Waals surface area contributed by atoms with Gasteiger partial charge in [0.25, 0.3) is 0 Å². The highest BCUT2D eigenvalue weighted by Gasteiger charge is 2.53. The van der Waals surface area contributed by atoms with E-state index < -0.39 is 0 Å². The van der Waals surface area contributed by atoms with Crippen LogP contribution in [0.4, 0.5) is 0 Å². The maximum Gasteiger partial charge on any atom is 0.231 e. The number of amides is 2. The Morgan fingerprint density at radius 3 is 2.78 bits per heavy atom. The summed E-state index contributed by atoms with van der Waals surface area (Å²) in [4.78, 5) is 27.9. The lowest BCUT2D eigenvalue weighted by molar-refractivity contribution is -0.134. The lowest BCUT2D eigenvalue weighted by Gasteiger charge is -2.45. The second kappa shape index (κ2) is 9.22. The predicted molar refractivity (Wildman–Crippen MR) is 123 cm³/mol. The Morgan fingerprint density at radius 2 is 2.09 bits per heavy atom. The van der Waals surface area contributed by atoms with E-state index in [9.17, 15) is 9.59 Å². The maximum absolute atomic E-state index is 13.2. The van der Waals surface area contributed by atoms with Gasteiger partial charge in [-0.05, 0) is 55.6 Å². The number of ether oxygens (including phenoxy) is 1. The normalized spacial score (nSPS) is 27.0. The number of carbonyl (C=O) groups excluding carboxylic acids is 2. The number of fused-ring (bicyclic) bond motifs is 1. The Hall–Kier alpha value is -2.41. The molecule has 3 N–H and O–H groups in total. The molecule has 7 nitrogen and oxygen atoms in total. The van der Waals surface area contributed by atoms with E-state index in [1.54, 1.807) is 12.0 Å². The van der Waals surface area contributed by atoms with Crippen LogP contribution in [0.1, 0.15) is 69.5 Å². The zero-order valence-electron chi connectivity index (χ0n) is 19.4. The second-order valence-corrected chi connectivity index (χ2v) is 9.56. The van der Waals surface area contributed by atoms with Crippen LogP contribution in [-0.4, -0.2) is 48.0 Å². The molecular formula is C25H36N4O3. The van der Waals surface area contributed by atoms with Crippen molar-refractivity contribution in [2.45, 2.75) is 76.4 Å². The molecule has 1 saturated heterocycles. The van der Waals surface area contributed by atoms with Crippen LogP contribution in [0.25, 0.3) is 0 Å². The first-order chi connectivity index (χ1) is 15.4. The van der Waals surface area contributed by atoms with Crippen molar-refractivity contribution in [1.82, 2.24) is 15.5 Å². The summed E-state index contributed by atoms with van der Waals surface area (Å²) in [7, 11) is 1.65. The van der Waals surface area contributed by atoms with Crippen molar-refractivity contribution in [2.75, 3.05) is 13.7 Å². The molecule has 1 aliphatic heterocycles. The van der Waals surface area contributed by atoms with Crippen LogP contribution >= 0.6 is 0 Å². The summed E-state index contributed by atoms with van der Waals surface area (Å²) in [5.41, 5.74) is 2.20. The molecule has 1 unspecified atom stereocenters. The standard InChI is InChI=1S/C25H36N4O3/c1-4-25(5-2)15-22(30)29(24(26)28-25)21(12-13-32-3)18-14-19(18)23(31)27-20-11-10-16-8-6-7-9-17(16)20/h6-9,18-21H,4-5,10-15H2,1-3H3,(H2,26,28)(H,27,31)/t18-,19-,20+,21?/m1/s1. The summed E-state index contributed by atoms with van der Waals surface area (Å²) in [5.74, 6) is 0.161. The molecule has 174 valence electrons. The molecule has 1 aromatic rings. The van der Waals surface area contributed by atoms with Crippen LogP contribution in [-0.2, 0) is 20.7 Å². The van der Waals surface area contributed by atoms with E-state index in [1.807, 2.05) is 12.1 Å². The van der Waals surface area contributed by atoms with Crippen molar-refractivity contribution in [1.29, 1.82) is 5.41 Å². The molecule has 7 heteroatoms. The van der Waals surface area contributed by atoms with Crippen molar-refractivity contribution < 1.29 is 14.3 Å². The fourth-order valence-corrected chi connectivity index (χ4v) is 5.58. The van der Waals surface area contributed by atoms with Gasteiger partial charge < -0.3 is 15.4 Å². The molecule has 1 saturated carbocycles. The Balaban J connectivity index is 1.44. The van der Waals surface area contributed by atoms with E-state index in [0.29, 0.717) is 19.4 Å². The van der Waals surface area contributed by atoms with Crippen LogP contribution in [0.5, 0.6) is 0 Å². The average Bonchev–Trinajstić information content (AvgIpc) is 3.49. The molecule has 3 aliphatic rings. The van der Waals surface area contributed by atoms with Gasteiger partial charge in [-0.15, -0.1) is 0 Å². The van der Waals surface area contributed by atoms with Gasteiger partial charge in [0.2, 0.25) is 11.8 Å². The number of benzene rings is 1. The summed E-state index contributed by atoms with van der Waals surface area (Å²) in [6.45, 7) is 4.60. The minimum atomic E-state index is -0.341.